The van der Waals surface area contributed by atoms with Crippen LogP contribution >= 0.6 is 11.3 Å². The lowest BCUT2D eigenvalue weighted by Gasteiger charge is -2.24. The standard InChI is InChI=1S/C13H20N2O4S2/c1-13(2,3)19-12(16)15-7-6-10(9-15)14-21(17,18)11-5-4-8-20-11/h4-5,8,10,14H,6-7,9H2,1-3H3/t10-/m1/s1. The van der Waals surface area contributed by atoms with Crippen LogP contribution in [0.15, 0.2) is 21.7 Å². The molecule has 1 amide bonds. The zero-order valence-electron chi connectivity index (χ0n) is 12.3. The van der Waals surface area contributed by atoms with Crippen LogP contribution in [-0.2, 0) is 14.8 Å². The van der Waals surface area contributed by atoms with Gasteiger partial charge in [-0.25, -0.2) is 17.9 Å². The molecule has 118 valence electrons. The van der Waals surface area contributed by atoms with Crippen LogP contribution in [0.5, 0.6) is 0 Å². The Hall–Kier alpha value is -1.12. The molecule has 0 radical (unpaired) electrons. The van der Waals surface area contributed by atoms with Gasteiger partial charge in [-0.1, -0.05) is 6.07 Å². The molecule has 0 aliphatic carbocycles. The molecule has 21 heavy (non-hydrogen) atoms. The molecular weight excluding hydrogens is 312 g/mol. The van der Waals surface area contributed by atoms with Gasteiger partial charge in [-0.05, 0) is 38.6 Å². The highest BCUT2D eigenvalue weighted by Crippen LogP contribution is 2.19. The van der Waals surface area contributed by atoms with Crippen molar-refractivity contribution in [2.24, 2.45) is 0 Å². The number of thiophene rings is 1. The SMILES string of the molecule is CC(C)(C)OC(=O)N1CC[C@@H](NS(=O)(=O)c2cccs2)C1. The third-order valence-electron chi connectivity index (χ3n) is 2.92. The van der Waals surface area contributed by atoms with E-state index in [2.05, 4.69) is 4.72 Å². The van der Waals surface area contributed by atoms with Crippen LogP contribution in [-0.4, -0.2) is 44.1 Å². The quantitative estimate of drug-likeness (QED) is 0.919. The van der Waals surface area contributed by atoms with Crippen molar-refractivity contribution in [3.8, 4) is 0 Å². The highest BCUT2D eigenvalue weighted by Gasteiger charge is 2.32. The number of carbonyl (C=O) groups is 1. The maximum absolute atomic E-state index is 12.1. The van der Waals surface area contributed by atoms with Crippen LogP contribution < -0.4 is 4.72 Å². The molecule has 2 heterocycles. The second kappa shape index (κ2) is 5.94. The smallest absolute Gasteiger partial charge is 0.410 e. The van der Waals surface area contributed by atoms with Crippen molar-refractivity contribution in [3.05, 3.63) is 17.5 Å². The summed E-state index contributed by atoms with van der Waals surface area (Å²) in [4.78, 5) is 13.5. The summed E-state index contributed by atoms with van der Waals surface area (Å²) in [7, 11) is -3.49. The van der Waals surface area contributed by atoms with E-state index in [1.807, 2.05) is 0 Å². The molecule has 1 aliphatic heterocycles. The van der Waals surface area contributed by atoms with Crippen molar-refractivity contribution in [1.82, 2.24) is 9.62 Å². The molecule has 1 saturated heterocycles. The maximum Gasteiger partial charge on any atom is 0.410 e. The first-order valence-corrected chi connectivity index (χ1v) is 9.07. The minimum Gasteiger partial charge on any atom is -0.444 e. The van der Waals surface area contributed by atoms with Gasteiger partial charge in [0.25, 0.3) is 0 Å². The van der Waals surface area contributed by atoms with Gasteiger partial charge in [0, 0.05) is 19.1 Å². The molecule has 1 atom stereocenters. The normalized spacial score (nSPS) is 19.8. The first-order chi connectivity index (χ1) is 9.67. The molecule has 1 N–H and O–H groups in total. The third-order valence-corrected chi connectivity index (χ3v) is 5.84. The minimum atomic E-state index is -3.49. The molecule has 1 fully saturated rings. The second-order valence-corrected chi connectivity index (χ2v) is 8.85. The van der Waals surface area contributed by atoms with Gasteiger partial charge < -0.3 is 9.64 Å². The number of rotatable bonds is 3. The molecule has 0 saturated carbocycles. The number of hydrogen-bond donors (Lipinski definition) is 1. The predicted octanol–water partition coefficient (Wildman–Crippen LogP) is 2.04. The first-order valence-electron chi connectivity index (χ1n) is 6.71. The van der Waals surface area contributed by atoms with Crippen molar-refractivity contribution in [2.45, 2.75) is 43.0 Å². The van der Waals surface area contributed by atoms with Gasteiger partial charge in [-0.15, -0.1) is 11.3 Å². The van der Waals surface area contributed by atoms with Gasteiger partial charge in [0.1, 0.15) is 9.81 Å². The molecule has 0 spiro atoms. The number of hydrogen-bond acceptors (Lipinski definition) is 5. The zero-order chi connectivity index (χ0) is 15.7. The van der Waals surface area contributed by atoms with E-state index >= 15 is 0 Å². The number of carbonyl (C=O) groups excluding carboxylic acids is 1. The fourth-order valence-corrected chi connectivity index (χ4v) is 4.31. The molecule has 0 bridgehead atoms. The molecule has 0 unspecified atom stereocenters. The first kappa shape index (κ1) is 16.3. The Balaban J connectivity index is 1.93. The summed E-state index contributed by atoms with van der Waals surface area (Å²) in [6, 6.07) is 2.98. The number of nitrogens with zero attached hydrogens (tertiary/aromatic N) is 1. The van der Waals surface area contributed by atoms with E-state index in [1.165, 1.54) is 16.2 Å². The summed E-state index contributed by atoms with van der Waals surface area (Å²) in [6.07, 6.45) is 0.185. The van der Waals surface area contributed by atoms with E-state index in [0.717, 1.165) is 0 Å². The molecule has 1 aromatic heterocycles. The fraction of sp³-hybridized carbons (Fsp3) is 0.615. The largest absolute Gasteiger partial charge is 0.444 e. The Kier molecular flexibility index (Phi) is 4.60. The topological polar surface area (TPSA) is 75.7 Å². The van der Waals surface area contributed by atoms with Gasteiger partial charge in [0.15, 0.2) is 0 Å². The van der Waals surface area contributed by atoms with Crippen LogP contribution in [0.2, 0.25) is 0 Å². The fourth-order valence-electron chi connectivity index (χ4n) is 2.04. The highest BCUT2D eigenvalue weighted by molar-refractivity contribution is 7.91. The lowest BCUT2D eigenvalue weighted by atomic mass is 10.2. The van der Waals surface area contributed by atoms with E-state index in [0.29, 0.717) is 23.7 Å². The van der Waals surface area contributed by atoms with Crippen molar-refractivity contribution in [1.29, 1.82) is 0 Å². The van der Waals surface area contributed by atoms with E-state index in [4.69, 9.17) is 4.74 Å². The molecule has 1 aliphatic rings. The Morgan fingerprint density at radius 2 is 2.19 bits per heavy atom. The molecular formula is C13H20N2O4S2. The Morgan fingerprint density at radius 1 is 1.48 bits per heavy atom. The van der Waals surface area contributed by atoms with E-state index in [9.17, 15) is 13.2 Å². The van der Waals surface area contributed by atoms with Crippen molar-refractivity contribution >= 4 is 27.5 Å². The highest BCUT2D eigenvalue weighted by atomic mass is 32.2. The number of ether oxygens (including phenoxy) is 1. The van der Waals surface area contributed by atoms with Crippen LogP contribution in [0.25, 0.3) is 0 Å². The Labute approximate surface area is 129 Å². The minimum absolute atomic E-state index is 0.274. The summed E-state index contributed by atoms with van der Waals surface area (Å²) in [6.45, 7) is 6.24. The number of sulfonamides is 1. The van der Waals surface area contributed by atoms with Gasteiger partial charge in [-0.2, -0.15) is 0 Å². The Bertz CT molecular complexity index is 590. The molecule has 2 rings (SSSR count). The second-order valence-electron chi connectivity index (χ2n) is 5.97. The average Bonchev–Trinajstić information content (AvgIpc) is 2.95. The molecule has 6 nitrogen and oxygen atoms in total. The van der Waals surface area contributed by atoms with E-state index < -0.39 is 21.7 Å². The zero-order valence-corrected chi connectivity index (χ0v) is 14.0. The summed E-state index contributed by atoms with van der Waals surface area (Å²) in [5, 5.41) is 1.72. The summed E-state index contributed by atoms with van der Waals surface area (Å²) in [5.41, 5.74) is -0.550. The summed E-state index contributed by atoms with van der Waals surface area (Å²) < 4.78 is 32.5. The van der Waals surface area contributed by atoms with Gasteiger partial charge in [0.05, 0.1) is 0 Å². The van der Waals surface area contributed by atoms with Crippen molar-refractivity contribution in [3.63, 3.8) is 0 Å². The van der Waals surface area contributed by atoms with E-state index in [-0.39, 0.29) is 6.04 Å². The number of amides is 1. The van der Waals surface area contributed by atoms with E-state index in [1.54, 1.807) is 38.3 Å². The molecule has 8 heteroatoms. The van der Waals surface area contributed by atoms with Gasteiger partial charge >= 0.3 is 6.09 Å². The maximum atomic E-state index is 12.1. The lowest BCUT2D eigenvalue weighted by Crippen LogP contribution is -2.40. The van der Waals surface area contributed by atoms with Gasteiger partial charge in [0.2, 0.25) is 10.0 Å². The Morgan fingerprint density at radius 3 is 2.76 bits per heavy atom. The van der Waals surface area contributed by atoms with Gasteiger partial charge in [-0.3, -0.25) is 0 Å². The van der Waals surface area contributed by atoms with Crippen LogP contribution in [0, 0.1) is 0 Å². The summed E-state index contributed by atoms with van der Waals surface area (Å²) in [5.74, 6) is 0. The predicted molar refractivity (Wildman–Crippen MR) is 80.9 cm³/mol. The molecule has 1 aromatic rings. The van der Waals surface area contributed by atoms with Crippen molar-refractivity contribution < 1.29 is 17.9 Å². The third kappa shape index (κ3) is 4.42. The average molecular weight is 332 g/mol. The van der Waals surface area contributed by atoms with Crippen LogP contribution in [0.4, 0.5) is 4.79 Å². The summed E-state index contributed by atoms with van der Waals surface area (Å²) >= 11 is 1.17. The molecule has 0 aromatic carbocycles. The number of likely N-dealkylation sites (tertiary alicyclic amines) is 1. The van der Waals surface area contributed by atoms with Crippen LogP contribution in [0.3, 0.4) is 0 Å². The number of nitrogens with one attached hydrogen (secondary N) is 1. The monoisotopic (exact) mass is 332 g/mol. The van der Waals surface area contributed by atoms with Crippen molar-refractivity contribution in [2.75, 3.05) is 13.1 Å². The van der Waals surface area contributed by atoms with Crippen LogP contribution in [0.1, 0.15) is 27.2 Å². The lowest BCUT2D eigenvalue weighted by molar-refractivity contribution is 0.0292.